The predicted octanol–water partition coefficient (Wildman–Crippen LogP) is 5.96. The van der Waals surface area contributed by atoms with Crippen LogP contribution in [0.15, 0.2) is 47.9 Å². The van der Waals surface area contributed by atoms with Gasteiger partial charge in [0, 0.05) is 21.5 Å². The Kier molecular flexibility index (Phi) is 5.97. The fourth-order valence-corrected chi connectivity index (χ4v) is 4.88. The van der Waals surface area contributed by atoms with Crippen molar-refractivity contribution in [1.29, 1.82) is 0 Å². The van der Waals surface area contributed by atoms with Gasteiger partial charge in [-0.2, -0.15) is 13.5 Å². The van der Waals surface area contributed by atoms with Crippen LogP contribution in [0.3, 0.4) is 0 Å². The summed E-state index contributed by atoms with van der Waals surface area (Å²) in [4.78, 5) is 0. The molecule has 1 atom stereocenters. The van der Waals surface area contributed by atoms with Crippen molar-refractivity contribution < 1.29 is 13.0 Å². The maximum absolute atomic E-state index is 11.2. The lowest BCUT2D eigenvalue weighted by atomic mass is 9.97. The number of aromatic nitrogens is 2. The maximum Gasteiger partial charge on any atom is 0.287 e. The third-order valence-corrected chi connectivity index (χ3v) is 6.34. The molecule has 0 spiro atoms. The third-order valence-electron chi connectivity index (χ3n) is 5.09. The number of fused-ring (bicyclic) bond motifs is 1. The van der Waals surface area contributed by atoms with Crippen molar-refractivity contribution in [3.63, 3.8) is 0 Å². The molecular formula is C21H17Cl3N2O3S. The summed E-state index contributed by atoms with van der Waals surface area (Å²) in [6.45, 7) is 0. The molecule has 1 aromatic heterocycles. The van der Waals surface area contributed by atoms with E-state index >= 15 is 0 Å². The number of nitrogens with zero attached hydrogens (tertiary/aromatic N) is 2. The fourth-order valence-electron chi connectivity index (χ4n) is 3.88. The highest BCUT2D eigenvalue weighted by Crippen LogP contribution is 2.40. The molecule has 1 heterocycles. The zero-order valence-corrected chi connectivity index (χ0v) is 18.7. The van der Waals surface area contributed by atoms with Crippen LogP contribution < -0.4 is 0 Å². The molecule has 1 aliphatic carbocycles. The summed E-state index contributed by atoms with van der Waals surface area (Å²) in [5, 5.41) is 6.97. The second-order valence-electron chi connectivity index (χ2n) is 7.14. The number of halogens is 3. The van der Waals surface area contributed by atoms with Crippen molar-refractivity contribution in [1.82, 2.24) is 9.78 Å². The van der Waals surface area contributed by atoms with E-state index in [4.69, 9.17) is 39.4 Å². The van der Waals surface area contributed by atoms with Crippen molar-refractivity contribution in [3.8, 4) is 5.69 Å². The van der Waals surface area contributed by atoms with Gasteiger partial charge in [-0.25, -0.2) is 4.68 Å². The van der Waals surface area contributed by atoms with Crippen LogP contribution in [-0.2, 0) is 23.0 Å². The summed E-state index contributed by atoms with van der Waals surface area (Å²) < 4.78 is 33.2. The molecule has 1 aliphatic rings. The van der Waals surface area contributed by atoms with E-state index in [0.29, 0.717) is 26.4 Å². The van der Waals surface area contributed by atoms with Crippen molar-refractivity contribution >= 4 is 51.0 Å². The summed E-state index contributed by atoms with van der Waals surface area (Å²) >= 11 is 18.6. The van der Waals surface area contributed by atoms with Crippen LogP contribution in [-0.4, -0.2) is 22.8 Å². The molecule has 0 saturated heterocycles. The van der Waals surface area contributed by atoms with Gasteiger partial charge < -0.3 is 0 Å². The van der Waals surface area contributed by atoms with Gasteiger partial charge in [-0.05, 0) is 61.2 Å². The Bertz CT molecular complexity index is 1250. The van der Waals surface area contributed by atoms with E-state index < -0.39 is 10.1 Å². The quantitative estimate of drug-likeness (QED) is 0.454. The predicted molar refractivity (Wildman–Crippen MR) is 120 cm³/mol. The van der Waals surface area contributed by atoms with Crippen LogP contribution in [0.5, 0.6) is 0 Å². The van der Waals surface area contributed by atoms with Gasteiger partial charge >= 0.3 is 0 Å². The Morgan fingerprint density at radius 2 is 1.90 bits per heavy atom. The maximum atomic E-state index is 11.2. The zero-order chi connectivity index (χ0) is 21.5. The third kappa shape index (κ3) is 4.58. The average Bonchev–Trinajstić information content (AvgIpc) is 3.21. The van der Waals surface area contributed by atoms with E-state index in [1.54, 1.807) is 22.9 Å². The first-order chi connectivity index (χ1) is 14.2. The van der Waals surface area contributed by atoms with Gasteiger partial charge in [0.05, 0.1) is 27.5 Å². The highest BCUT2D eigenvalue weighted by Gasteiger charge is 2.31. The van der Waals surface area contributed by atoms with Gasteiger partial charge in [0.25, 0.3) is 10.1 Å². The van der Waals surface area contributed by atoms with Crippen LogP contribution in [0.25, 0.3) is 11.8 Å². The molecule has 0 saturated carbocycles. The van der Waals surface area contributed by atoms with Gasteiger partial charge in [0.1, 0.15) is 0 Å². The van der Waals surface area contributed by atoms with Crippen LogP contribution in [0.2, 0.25) is 15.1 Å². The van der Waals surface area contributed by atoms with Crippen LogP contribution in [0.4, 0.5) is 0 Å². The molecule has 2 aromatic carbocycles. The van der Waals surface area contributed by atoms with E-state index in [9.17, 15) is 8.42 Å². The topological polar surface area (TPSA) is 72.2 Å². The highest BCUT2D eigenvalue weighted by atomic mass is 35.5. The van der Waals surface area contributed by atoms with Crippen molar-refractivity contribution in [2.24, 2.45) is 0 Å². The Morgan fingerprint density at radius 3 is 2.60 bits per heavy atom. The SMILES string of the molecule is O=S(=O)(O)C=Cc1nn(-c2ccc(Cl)cc2Cl)c2c1CCC2Cc1cccc(Cl)c1. The Hall–Kier alpha value is -1.83. The molecule has 1 unspecified atom stereocenters. The summed E-state index contributed by atoms with van der Waals surface area (Å²) in [6, 6.07) is 12.9. The molecule has 1 N–H and O–H groups in total. The lowest BCUT2D eigenvalue weighted by Crippen LogP contribution is -2.08. The van der Waals surface area contributed by atoms with Gasteiger partial charge in [0.15, 0.2) is 0 Å². The highest BCUT2D eigenvalue weighted by molar-refractivity contribution is 7.88. The molecule has 0 radical (unpaired) electrons. The van der Waals surface area contributed by atoms with E-state index in [0.717, 1.165) is 41.5 Å². The molecule has 3 aromatic rings. The summed E-state index contributed by atoms with van der Waals surface area (Å²) in [7, 11) is -4.26. The lowest BCUT2D eigenvalue weighted by molar-refractivity contribution is 0.494. The summed E-state index contributed by atoms with van der Waals surface area (Å²) in [5.74, 6) is 0.144. The molecule has 0 bridgehead atoms. The standard InChI is InChI=1S/C21H17Cl3N2O3S/c22-15-3-1-2-13(11-15)10-14-4-6-17-19(8-9-30(27,28)29)25-26(21(14)17)20-7-5-16(23)12-18(20)24/h1-3,5,7-9,11-12,14H,4,6,10H2,(H,27,28,29). The number of hydrogen-bond acceptors (Lipinski definition) is 3. The van der Waals surface area contributed by atoms with Gasteiger partial charge in [-0.1, -0.05) is 46.9 Å². The molecule has 5 nitrogen and oxygen atoms in total. The lowest BCUT2D eigenvalue weighted by Gasteiger charge is -2.15. The van der Waals surface area contributed by atoms with Crippen LogP contribution >= 0.6 is 34.8 Å². The Balaban J connectivity index is 1.82. The first-order valence-corrected chi connectivity index (χ1v) is 11.8. The molecule has 156 valence electrons. The van der Waals surface area contributed by atoms with Gasteiger partial charge in [-0.15, -0.1) is 0 Å². The molecule has 0 amide bonds. The minimum absolute atomic E-state index is 0.144. The first-order valence-electron chi connectivity index (χ1n) is 9.18. The number of benzene rings is 2. The smallest absolute Gasteiger partial charge is 0.282 e. The molecule has 30 heavy (non-hydrogen) atoms. The number of hydrogen-bond donors (Lipinski definition) is 1. The zero-order valence-electron chi connectivity index (χ0n) is 15.6. The number of rotatable bonds is 5. The first kappa shape index (κ1) is 21.4. The normalized spacial score (nSPS) is 16.3. The molecule has 0 fully saturated rings. The molecular weight excluding hydrogens is 467 g/mol. The molecule has 9 heteroatoms. The monoisotopic (exact) mass is 482 g/mol. The Morgan fingerprint density at radius 1 is 1.13 bits per heavy atom. The average molecular weight is 484 g/mol. The van der Waals surface area contributed by atoms with Crippen LogP contribution in [0.1, 0.15) is 34.9 Å². The molecule has 0 aliphatic heterocycles. The van der Waals surface area contributed by atoms with Crippen LogP contribution in [0, 0.1) is 0 Å². The van der Waals surface area contributed by atoms with Crippen molar-refractivity contribution in [2.45, 2.75) is 25.2 Å². The Labute approximate surface area is 189 Å². The van der Waals surface area contributed by atoms with Crippen molar-refractivity contribution in [2.75, 3.05) is 0 Å². The second kappa shape index (κ2) is 8.36. The van der Waals surface area contributed by atoms with E-state index in [1.807, 2.05) is 24.3 Å². The van der Waals surface area contributed by atoms with Gasteiger partial charge in [0.2, 0.25) is 0 Å². The molecule has 4 rings (SSSR count). The minimum Gasteiger partial charge on any atom is -0.282 e. The van der Waals surface area contributed by atoms with E-state index in [1.165, 1.54) is 6.08 Å². The summed E-state index contributed by atoms with van der Waals surface area (Å²) in [6.07, 6.45) is 3.68. The van der Waals surface area contributed by atoms with E-state index in [2.05, 4.69) is 5.10 Å². The van der Waals surface area contributed by atoms with Crippen molar-refractivity contribution in [3.05, 3.63) is 85.5 Å². The van der Waals surface area contributed by atoms with E-state index in [-0.39, 0.29) is 5.92 Å². The van der Waals surface area contributed by atoms with Gasteiger partial charge in [-0.3, -0.25) is 4.55 Å². The second-order valence-corrected chi connectivity index (χ2v) is 9.73. The largest absolute Gasteiger partial charge is 0.287 e. The fraction of sp³-hybridized carbons (Fsp3) is 0.190. The minimum atomic E-state index is -4.26. The summed E-state index contributed by atoms with van der Waals surface area (Å²) in [5.41, 5.74) is 4.15.